The molecular weight excluding hydrogens is 431 g/mol. The molecule has 1 aliphatic rings. The lowest BCUT2D eigenvalue weighted by Crippen LogP contribution is -2.48. The van der Waals surface area contributed by atoms with E-state index in [4.69, 9.17) is 0 Å². The molecule has 0 saturated heterocycles. The maximum absolute atomic E-state index is 13.3. The third-order valence-electron chi connectivity index (χ3n) is 5.16. The van der Waals surface area contributed by atoms with Gasteiger partial charge >= 0.3 is 0 Å². The smallest absolute Gasteiger partial charge is 0.262 e. The van der Waals surface area contributed by atoms with Crippen LogP contribution in [0, 0.1) is 5.82 Å². The lowest BCUT2D eigenvalue weighted by atomic mass is 9.78. The fourth-order valence-corrected chi connectivity index (χ4v) is 4.89. The summed E-state index contributed by atoms with van der Waals surface area (Å²) in [5.74, 6) is -0.734. The first-order chi connectivity index (χ1) is 12.9. The van der Waals surface area contributed by atoms with Crippen LogP contribution >= 0.6 is 27.3 Å². The van der Waals surface area contributed by atoms with E-state index in [1.165, 1.54) is 23.5 Å². The summed E-state index contributed by atoms with van der Waals surface area (Å²) in [6.07, 6.45) is 4.10. The zero-order valence-corrected chi connectivity index (χ0v) is 17.5. The Kier molecular flexibility index (Phi) is 6.32. The first-order valence-corrected chi connectivity index (χ1v) is 10.6. The molecule has 7 heteroatoms. The number of rotatable bonds is 6. The summed E-state index contributed by atoms with van der Waals surface area (Å²) < 4.78 is 14.1. The lowest BCUT2D eigenvalue weighted by Gasteiger charge is -2.30. The molecule has 1 unspecified atom stereocenters. The van der Waals surface area contributed by atoms with Gasteiger partial charge in [0, 0.05) is 12.0 Å². The normalized spacial score (nSPS) is 16.7. The van der Waals surface area contributed by atoms with Crippen LogP contribution in [0.1, 0.15) is 47.8 Å². The van der Waals surface area contributed by atoms with Crippen molar-refractivity contribution in [3.63, 3.8) is 0 Å². The van der Waals surface area contributed by atoms with Gasteiger partial charge in [0.2, 0.25) is 5.91 Å². The van der Waals surface area contributed by atoms with Gasteiger partial charge in [-0.1, -0.05) is 25.0 Å². The fraction of sp³-hybridized carbons (Fsp3) is 0.400. The van der Waals surface area contributed by atoms with Crippen molar-refractivity contribution < 1.29 is 14.0 Å². The standard InChI is InChI=1S/C20H22BrFN2O2S/c1-13(24-19(26)16-8-9-17(21)27-16)18(25)23-12-20(10-2-3-11-20)14-4-6-15(22)7-5-14/h4-9,13H,2-3,10-12H2,1H3,(H,23,25)(H,24,26). The molecule has 0 bridgehead atoms. The van der Waals surface area contributed by atoms with Crippen molar-refractivity contribution in [3.8, 4) is 0 Å². The predicted octanol–water partition coefficient (Wildman–Crippen LogP) is 4.40. The summed E-state index contributed by atoms with van der Waals surface area (Å²) in [6.45, 7) is 2.16. The highest BCUT2D eigenvalue weighted by atomic mass is 79.9. The highest BCUT2D eigenvalue weighted by molar-refractivity contribution is 9.11. The number of amides is 2. The molecule has 1 aromatic carbocycles. The zero-order chi connectivity index (χ0) is 19.4. The molecule has 1 saturated carbocycles. The Labute approximate surface area is 170 Å². The quantitative estimate of drug-likeness (QED) is 0.682. The van der Waals surface area contributed by atoms with Crippen LogP contribution in [0.5, 0.6) is 0 Å². The molecule has 0 radical (unpaired) electrons. The topological polar surface area (TPSA) is 58.2 Å². The van der Waals surface area contributed by atoms with Crippen LogP contribution < -0.4 is 10.6 Å². The van der Waals surface area contributed by atoms with Crippen LogP contribution in [0.2, 0.25) is 0 Å². The second kappa shape index (κ2) is 8.52. The second-order valence-corrected chi connectivity index (χ2v) is 9.47. The number of hydrogen-bond acceptors (Lipinski definition) is 3. The van der Waals surface area contributed by atoms with E-state index in [-0.39, 0.29) is 23.0 Å². The number of carbonyl (C=O) groups is 2. The van der Waals surface area contributed by atoms with E-state index in [9.17, 15) is 14.0 Å². The van der Waals surface area contributed by atoms with Gasteiger partial charge < -0.3 is 10.6 Å². The van der Waals surface area contributed by atoms with Gasteiger partial charge in [-0.2, -0.15) is 0 Å². The van der Waals surface area contributed by atoms with Gasteiger partial charge in [-0.25, -0.2) is 4.39 Å². The number of hydrogen-bond donors (Lipinski definition) is 2. The molecular formula is C20H22BrFN2O2S. The van der Waals surface area contributed by atoms with Crippen LogP contribution in [0.15, 0.2) is 40.2 Å². The van der Waals surface area contributed by atoms with Gasteiger partial charge in [-0.15, -0.1) is 11.3 Å². The van der Waals surface area contributed by atoms with Gasteiger partial charge in [0.05, 0.1) is 8.66 Å². The lowest BCUT2D eigenvalue weighted by molar-refractivity contribution is -0.122. The van der Waals surface area contributed by atoms with E-state index >= 15 is 0 Å². The molecule has 0 aliphatic heterocycles. The molecule has 1 aliphatic carbocycles. The molecule has 2 amide bonds. The van der Waals surface area contributed by atoms with Crippen LogP contribution in [0.3, 0.4) is 0 Å². The molecule has 1 atom stereocenters. The monoisotopic (exact) mass is 452 g/mol. The Hall–Kier alpha value is -1.73. The molecule has 0 spiro atoms. The summed E-state index contributed by atoms with van der Waals surface area (Å²) >= 11 is 4.65. The Balaban J connectivity index is 1.60. The molecule has 144 valence electrons. The van der Waals surface area contributed by atoms with Crippen LogP contribution in [0.4, 0.5) is 4.39 Å². The molecule has 3 rings (SSSR count). The van der Waals surface area contributed by atoms with E-state index in [0.29, 0.717) is 11.4 Å². The molecule has 4 nitrogen and oxygen atoms in total. The molecule has 1 heterocycles. The van der Waals surface area contributed by atoms with E-state index in [0.717, 1.165) is 35.0 Å². The minimum Gasteiger partial charge on any atom is -0.353 e. The minimum absolute atomic E-state index is 0.161. The second-order valence-electron chi connectivity index (χ2n) is 7.01. The number of nitrogens with one attached hydrogen (secondary N) is 2. The van der Waals surface area contributed by atoms with E-state index < -0.39 is 6.04 Å². The SMILES string of the molecule is CC(NC(=O)c1ccc(Br)s1)C(=O)NCC1(c2ccc(F)cc2)CCCC1. The fourth-order valence-electron chi connectivity index (χ4n) is 3.60. The Morgan fingerprint density at radius 1 is 1.19 bits per heavy atom. The van der Waals surface area contributed by atoms with Crippen molar-refractivity contribution >= 4 is 39.1 Å². The maximum atomic E-state index is 13.3. The van der Waals surface area contributed by atoms with Crippen molar-refractivity contribution in [1.29, 1.82) is 0 Å². The summed E-state index contributed by atoms with van der Waals surface area (Å²) in [4.78, 5) is 25.3. The van der Waals surface area contributed by atoms with Gasteiger partial charge in [0.25, 0.3) is 5.91 Å². The van der Waals surface area contributed by atoms with Crippen molar-refractivity contribution in [1.82, 2.24) is 10.6 Å². The highest BCUT2D eigenvalue weighted by Gasteiger charge is 2.36. The van der Waals surface area contributed by atoms with Crippen molar-refractivity contribution in [3.05, 3.63) is 56.4 Å². The van der Waals surface area contributed by atoms with Crippen LogP contribution in [-0.2, 0) is 10.2 Å². The molecule has 1 fully saturated rings. The van der Waals surface area contributed by atoms with Gasteiger partial charge in [-0.3, -0.25) is 9.59 Å². The van der Waals surface area contributed by atoms with E-state index in [2.05, 4.69) is 26.6 Å². The predicted molar refractivity (Wildman–Crippen MR) is 109 cm³/mol. The third-order valence-corrected chi connectivity index (χ3v) is 6.78. The summed E-state index contributed by atoms with van der Waals surface area (Å²) in [7, 11) is 0. The molecule has 2 aromatic rings. The number of halogens is 2. The molecule has 2 N–H and O–H groups in total. The summed E-state index contributed by atoms with van der Waals surface area (Å²) in [5.41, 5.74) is 0.896. The zero-order valence-electron chi connectivity index (χ0n) is 15.1. The summed E-state index contributed by atoms with van der Waals surface area (Å²) in [6, 6.07) is 9.45. The van der Waals surface area contributed by atoms with Gasteiger partial charge in [-0.05, 0) is 65.5 Å². The minimum atomic E-state index is -0.634. The van der Waals surface area contributed by atoms with Crippen molar-refractivity contribution in [2.24, 2.45) is 0 Å². The van der Waals surface area contributed by atoms with E-state index in [1.807, 2.05) is 12.1 Å². The number of carbonyl (C=O) groups excluding carboxylic acids is 2. The van der Waals surface area contributed by atoms with Crippen LogP contribution in [0.25, 0.3) is 0 Å². The Morgan fingerprint density at radius 2 is 1.85 bits per heavy atom. The average molecular weight is 453 g/mol. The van der Waals surface area contributed by atoms with Crippen LogP contribution in [-0.4, -0.2) is 24.4 Å². The Morgan fingerprint density at radius 3 is 2.44 bits per heavy atom. The van der Waals surface area contributed by atoms with Gasteiger partial charge in [0.15, 0.2) is 0 Å². The highest BCUT2D eigenvalue weighted by Crippen LogP contribution is 2.40. The first kappa shape index (κ1) is 20.0. The van der Waals surface area contributed by atoms with E-state index in [1.54, 1.807) is 19.1 Å². The summed E-state index contributed by atoms with van der Waals surface area (Å²) in [5, 5.41) is 5.72. The first-order valence-electron chi connectivity index (χ1n) is 9.00. The molecule has 1 aromatic heterocycles. The maximum Gasteiger partial charge on any atom is 0.262 e. The Bertz CT molecular complexity index is 816. The average Bonchev–Trinajstić information content (AvgIpc) is 3.30. The van der Waals surface area contributed by atoms with Crippen molar-refractivity contribution in [2.75, 3.05) is 6.54 Å². The molecule has 27 heavy (non-hydrogen) atoms. The van der Waals surface area contributed by atoms with Gasteiger partial charge in [0.1, 0.15) is 11.9 Å². The number of benzene rings is 1. The third kappa shape index (κ3) is 4.76. The van der Waals surface area contributed by atoms with Crippen molar-refractivity contribution in [2.45, 2.75) is 44.1 Å². The largest absolute Gasteiger partial charge is 0.353 e. The number of thiophene rings is 1.